The lowest BCUT2D eigenvalue weighted by molar-refractivity contribution is -0.172. The zero-order valence-electron chi connectivity index (χ0n) is 17.6. The number of carbonyl (C=O) groups excluding carboxylic acids is 1. The number of para-hydroxylation sites is 1. The quantitative estimate of drug-likeness (QED) is 0.621. The van der Waals surface area contributed by atoms with Gasteiger partial charge in [0.25, 0.3) is 0 Å². The summed E-state index contributed by atoms with van der Waals surface area (Å²) in [5.41, 5.74) is -1.78. The maximum atomic E-state index is 13.3. The Kier molecular flexibility index (Phi) is 5.67. The Balaban J connectivity index is 1.51. The van der Waals surface area contributed by atoms with Gasteiger partial charge in [-0.1, -0.05) is 18.2 Å². The summed E-state index contributed by atoms with van der Waals surface area (Å²) in [6.45, 7) is 2.90. The minimum absolute atomic E-state index is 0.0874. The highest BCUT2D eigenvalue weighted by Gasteiger charge is 2.43. The largest absolute Gasteiger partial charge is 0.417 e. The second-order valence-corrected chi connectivity index (χ2v) is 7.68. The highest BCUT2D eigenvalue weighted by atomic mass is 19.4. The molecule has 1 fully saturated rings. The van der Waals surface area contributed by atoms with E-state index in [0.29, 0.717) is 11.2 Å². The number of alkyl halides is 3. The maximum Gasteiger partial charge on any atom is 0.417 e. The fourth-order valence-electron chi connectivity index (χ4n) is 3.28. The van der Waals surface area contributed by atoms with E-state index < -0.39 is 28.9 Å². The molecule has 1 aliphatic rings. The number of halogens is 3. The predicted molar refractivity (Wildman–Crippen MR) is 112 cm³/mol. The van der Waals surface area contributed by atoms with Gasteiger partial charge in [0.05, 0.1) is 34.1 Å². The van der Waals surface area contributed by atoms with Gasteiger partial charge in [-0.15, -0.1) is 10.3 Å². The third kappa shape index (κ3) is 4.58. The second-order valence-electron chi connectivity index (χ2n) is 7.68. The SMILES string of the molecule is CC1(C)ON(c2ccc(C#N)c(C(F)(F)F)c2)ON1CC(=O)Nc1cccc2cccnc12. The summed E-state index contributed by atoms with van der Waals surface area (Å²) in [6.07, 6.45) is -3.12. The van der Waals surface area contributed by atoms with E-state index in [0.717, 1.165) is 22.7 Å². The number of benzene rings is 2. The molecular weight excluding hydrogens is 439 g/mol. The molecule has 0 radical (unpaired) electrons. The summed E-state index contributed by atoms with van der Waals surface area (Å²) >= 11 is 0. The van der Waals surface area contributed by atoms with Crippen molar-refractivity contribution in [1.82, 2.24) is 10.0 Å². The molecule has 11 heteroatoms. The molecule has 0 spiro atoms. The number of aromatic nitrogens is 1. The molecule has 0 saturated carbocycles. The Hall–Kier alpha value is -3.72. The number of pyridine rings is 1. The average Bonchev–Trinajstić information content (AvgIpc) is 3.06. The molecule has 1 aromatic heterocycles. The monoisotopic (exact) mass is 457 g/mol. The van der Waals surface area contributed by atoms with Crippen LogP contribution in [0.2, 0.25) is 0 Å². The Morgan fingerprint density at radius 1 is 1.21 bits per heavy atom. The molecule has 33 heavy (non-hydrogen) atoms. The van der Waals surface area contributed by atoms with Gasteiger partial charge < -0.3 is 5.32 Å². The van der Waals surface area contributed by atoms with Crippen LogP contribution in [0.4, 0.5) is 24.5 Å². The van der Waals surface area contributed by atoms with Crippen molar-refractivity contribution in [3.8, 4) is 6.07 Å². The first-order chi connectivity index (χ1) is 15.6. The standard InChI is InChI=1S/C22H18F3N5O3/c1-21(2)29(13-19(31)28-18-7-3-5-14-6-4-10-27-20(14)18)33-30(32-21)16-9-8-15(12-26)17(11-16)22(23,24)25/h3-11H,13H2,1-2H3,(H,28,31). The molecule has 0 bridgehead atoms. The number of nitrogens with one attached hydrogen (secondary N) is 1. The number of hydroxylamine groups is 2. The number of nitrogens with zero attached hydrogens (tertiary/aromatic N) is 4. The number of fused-ring (bicyclic) bond motifs is 1. The number of anilines is 2. The van der Waals surface area contributed by atoms with Crippen LogP contribution in [0.1, 0.15) is 25.0 Å². The number of hydrogen-bond donors (Lipinski definition) is 1. The van der Waals surface area contributed by atoms with Gasteiger partial charge in [-0.2, -0.15) is 23.4 Å². The smallest absolute Gasteiger partial charge is 0.323 e. The lowest BCUT2D eigenvalue weighted by Gasteiger charge is -2.23. The summed E-state index contributed by atoms with van der Waals surface area (Å²) < 4.78 is 39.9. The molecule has 0 aliphatic carbocycles. The van der Waals surface area contributed by atoms with Crippen LogP contribution >= 0.6 is 0 Å². The summed E-state index contributed by atoms with van der Waals surface area (Å²) in [6, 6.07) is 13.6. The first kappa shape index (κ1) is 22.5. The molecule has 0 atom stereocenters. The van der Waals surface area contributed by atoms with Gasteiger partial charge in [0.1, 0.15) is 6.54 Å². The van der Waals surface area contributed by atoms with Crippen LogP contribution in [0.25, 0.3) is 10.9 Å². The van der Waals surface area contributed by atoms with E-state index in [9.17, 15) is 18.0 Å². The molecule has 1 saturated heterocycles. The molecule has 2 heterocycles. The molecule has 3 aromatic rings. The summed E-state index contributed by atoms with van der Waals surface area (Å²) in [5.74, 6) is -0.442. The van der Waals surface area contributed by atoms with Crippen molar-refractivity contribution in [3.63, 3.8) is 0 Å². The molecule has 2 aromatic carbocycles. The minimum atomic E-state index is -4.73. The average molecular weight is 457 g/mol. The van der Waals surface area contributed by atoms with Crippen LogP contribution < -0.4 is 10.5 Å². The molecule has 4 rings (SSSR count). The van der Waals surface area contributed by atoms with Crippen LogP contribution in [0.3, 0.4) is 0 Å². The first-order valence-corrected chi connectivity index (χ1v) is 9.78. The summed E-state index contributed by atoms with van der Waals surface area (Å²) in [7, 11) is 0. The fraction of sp³-hybridized carbons (Fsp3) is 0.227. The van der Waals surface area contributed by atoms with E-state index in [1.54, 1.807) is 38.2 Å². The predicted octanol–water partition coefficient (Wildman–Crippen LogP) is 4.40. The van der Waals surface area contributed by atoms with Gasteiger partial charge in [-0.3, -0.25) is 9.78 Å². The number of hydrogen-bond acceptors (Lipinski definition) is 7. The van der Waals surface area contributed by atoms with Crippen molar-refractivity contribution in [2.75, 3.05) is 17.1 Å². The van der Waals surface area contributed by atoms with Crippen molar-refractivity contribution in [3.05, 3.63) is 65.9 Å². The van der Waals surface area contributed by atoms with E-state index in [1.165, 1.54) is 17.2 Å². The second kappa shape index (κ2) is 8.32. The van der Waals surface area contributed by atoms with Gasteiger partial charge in [0, 0.05) is 11.6 Å². The van der Waals surface area contributed by atoms with Crippen molar-refractivity contribution in [2.45, 2.75) is 25.7 Å². The number of amides is 1. The topological polar surface area (TPSA) is 90.7 Å². The summed E-state index contributed by atoms with van der Waals surface area (Å²) in [5, 5.41) is 14.6. The first-order valence-electron chi connectivity index (χ1n) is 9.78. The summed E-state index contributed by atoms with van der Waals surface area (Å²) in [4.78, 5) is 28.1. The Morgan fingerprint density at radius 2 is 1.97 bits per heavy atom. The number of nitriles is 1. The Labute approximate surface area is 186 Å². The maximum absolute atomic E-state index is 13.3. The van der Waals surface area contributed by atoms with Crippen molar-refractivity contribution in [2.24, 2.45) is 0 Å². The lowest BCUT2D eigenvalue weighted by Crippen LogP contribution is -2.43. The van der Waals surface area contributed by atoms with Crippen molar-refractivity contribution in [1.29, 1.82) is 5.26 Å². The van der Waals surface area contributed by atoms with Crippen LogP contribution in [0.15, 0.2) is 54.7 Å². The normalized spacial score (nSPS) is 16.1. The Morgan fingerprint density at radius 3 is 2.70 bits per heavy atom. The van der Waals surface area contributed by atoms with E-state index >= 15 is 0 Å². The molecule has 0 unspecified atom stereocenters. The molecule has 1 N–H and O–H groups in total. The van der Waals surface area contributed by atoms with Crippen molar-refractivity contribution >= 4 is 28.2 Å². The molecule has 170 valence electrons. The highest BCUT2D eigenvalue weighted by molar-refractivity contribution is 6.00. The molecule has 1 amide bonds. The zero-order chi connectivity index (χ0) is 23.8. The third-order valence-electron chi connectivity index (χ3n) is 4.91. The fourth-order valence-corrected chi connectivity index (χ4v) is 3.28. The van der Waals surface area contributed by atoms with E-state index in [-0.39, 0.29) is 12.2 Å². The van der Waals surface area contributed by atoms with Gasteiger partial charge >= 0.3 is 6.18 Å². The van der Waals surface area contributed by atoms with Crippen LogP contribution in [-0.2, 0) is 20.7 Å². The zero-order valence-corrected chi connectivity index (χ0v) is 17.6. The highest BCUT2D eigenvalue weighted by Crippen LogP contribution is 2.37. The molecule has 8 nitrogen and oxygen atoms in total. The van der Waals surface area contributed by atoms with Crippen LogP contribution in [0.5, 0.6) is 0 Å². The number of rotatable bonds is 4. The molecular formula is C22H18F3N5O3. The molecule has 1 aliphatic heterocycles. The van der Waals surface area contributed by atoms with E-state index in [2.05, 4.69) is 10.3 Å². The van der Waals surface area contributed by atoms with Gasteiger partial charge in [0.15, 0.2) is 5.72 Å². The van der Waals surface area contributed by atoms with E-state index in [1.807, 2.05) is 12.1 Å². The van der Waals surface area contributed by atoms with E-state index in [4.69, 9.17) is 15.0 Å². The van der Waals surface area contributed by atoms with Gasteiger partial charge in [-0.05, 0) is 44.2 Å². The van der Waals surface area contributed by atoms with Crippen LogP contribution in [-0.4, -0.2) is 28.2 Å². The van der Waals surface area contributed by atoms with Crippen molar-refractivity contribution < 1.29 is 27.7 Å². The minimum Gasteiger partial charge on any atom is -0.323 e. The third-order valence-corrected chi connectivity index (χ3v) is 4.91. The van der Waals surface area contributed by atoms with Crippen LogP contribution in [0, 0.1) is 11.3 Å². The lowest BCUT2D eigenvalue weighted by atomic mass is 10.1. The number of carbonyl (C=O) groups is 1. The Bertz CT molecular complexity index is 1250. The van der Waals surface area contributed by atoms with Gasteiger partial charge in [-0.25, -0.2) is 4.84 Å². The van der Waals surface area contributed by atoms with Gasteiger partial charge in [0.2, 0.25) is 5.91 Å².